The first-order valence-corrected chi connectivity index (χ1v) is 9.35. The predicted octanol–water partition coefficient (Wildman–Crippen LogP) is 2.29. The van der Waals surface area contributed by atoms with Crippen molar-refractivity contribution in [3.8, 4) is 17.0 Å². The highest BCUT2D eigenvalue weighted by Gasteiger charge is 2.22. The summed E-state index contributed by atoms with van der Waals surface area (Å²) in [4.78, 5) is 28.9. The maximum Gasteiger partial charge on any atom is 0.254 e. The van der Waals surface area contributed by atoms with Crippen molar-refractivity contribution in [3.63, 3.8) is 0 Å². The third-order valence-electron chi connectivity index (χ3n) is 4.19. The van der Waals surface area contributed by atoms with Crippen LogP contribution < -0.4 is 15.6 Å². The van der Waals surface area contributed by atoms with Crippen LogP contribution >= 0.6 is 11.8 Å². The number of rotatable bonds is 5. The lowest BCUT2D eigenvalue weighted by molar-refractivity contribution is -0.116. The van der Waals surface area contributed by atoms with Crippen molar-refractivity contribution < 1.29 is 14.1 Å². The van der Waals surface area contributed by atoms with E-state index in [1.807, 2.05) is 12.1 Å². The molecule has 8 nitrogen and oxygen atoms in total. The van der Waals surface area contributed by atoms with Gasteiger partial charge in [0.25, 0.3) is 5.56 Å². The molecule has 27 heavy (non-hydrogen) atoms. The Labute approximate surface area is 158 Å². The van der Waals surface area contributed by atoms with Gasteiger partial charge in [-0.3, -0.25) is 19.5 Å². The Morgan fingerprint density at radius 3 is 2.89 bits per heavy atom. The molecule has 0 atom stereocenters. The number of methoxy groups -OCH3 is 1. The minimum atomic E-state index is -0.369. The quantitative estimate of drug-likeness (QED) is 0.720. The van der Waals surface area contributed by atoms with Crippen molar-refractivity contribution in [2.45, 2.75) is 18.1 Å². The summed E-state index contributed by atoms with van der Waals surface area (Å²) in [6, 6.07) is 8.63. The molecule has 0 unspecified atom stereocenters. The summed E-state index contributed by atoms with van der Waals surface area (Å²) < 4.78 is 11.5. The normalized spacial score (nSPS) is 12.6. The van der Waals surface area contributed by atoms with Gasteiger partial charge in [0.1, 0.15) is 12.3 Å². The number of aromatic nitrogens is 3. The first-order chi connectivity index (χ1) is 13.1. The van der Waals surface area contributed by atoms with E-state index in [9.17, 15) is 9.59 Å². The highest BCUT2D eigenvalue weighted by Crippen LogP contribution is 2.34. The topological polar surface area (TPSA) is 99.2 Å². The smallest absolute Gasteiger partial charge is 0.254 e. The minimum Gasteiger partial charge on any atom is -0.497 e. The fraction of sp³-hybridized carbons (Fsp3) is 0.222. The van der Waals surface area contributed by atoms with Crippen LogP contribution in [-0.4, -0.2) is 27.7 Å². The van der Waals surface area contributed by atoms with E-state index in [1.54, 1.807) is 31.0 Å². The number of amides is 1. The third kappa shape index (κ3) is 3.59. The molecule has 9 heteroatoms. The van der Waals surface area contributed by atoms with Gasteiger partial charge in [0, 0.05) is 23.1 Å². The highest BCUT2D eigenvalue weighted by molar-refractivity contribution is 7.98. The summed E-state index contributed by atoms with van der Waals surface area (Å²) in [5.74, 6) is 2.25. The van der Waals surface area contributed by atoms with Crippen LogP contribution in [0.2, 0.25) is 0 Å². The molecule has 0 spiro atoms. The van der Waals surface area contributed by atoms with Gasteiger partial charge in [0.15, 0.2) is 0 Å². The maximum absolute atomic E-state index is 12.3. The zero-order valence-corrected chi connectivity index (χ0v) is 15.3. The fourth-order valence-electron chi connectivity index (χ4n) is 2.74. The predicted molar refractivity (Wildman–Crippen MR) is 101 cm³/mol. The summed E-state index contributed by atoms with van der Waals surface area (Å²) in [6.07, 6.45) is 1.36. The molecule has 0 bridgehead atoms. The third-order valence-corrected chi connectivity index (χ3v) is 5.16. The van der Waals surface area contributed by atoms with E-state index < -0.39 is 0 Å². The van der Waals surface area contributed by atoms with Crippen molar-refractivity contribution in [1.82, 2.24) is 14.7 Å². The average Bonchev–Trinajstić information content (AvgIpc) is 3.29. The van der Waals surface area contributed by atoms with E-state index in [0.29, 0.717) is 11.6 Å². The van der Waals surface area contributed by atoms with Crippen molar-refractivity contribution in [1.29, 1.82) is 0 Å². The van der Waals surface area contributed by atoms with Crippen molar-refractivity contribution in [2.24, 2.45) is 0 Å². The monoisotopic (exact) mass is 384 g/mol. The number of fused-ring (bicyclic) bond motifs is 1. The molecule has 0 aliphatic carbocycles. The van der Waals surface area contributed by atoms with Crippen LogP contribution in [0.5, 0.6) is 5.75 Å². The number of carbonyl (C=O) groups is 1. The maximum atomic E-state index is 12.3. The lowest BCUT2D eigenvalue weighted by atomic mass is 10.1. The van der Waals surface area contributed by atoms with Gasteiger partial charge in [-0.15, -0.1) is 0 Å². The molecule has 1 aliphatic heterocycles. The Balaban J connectivity index is 1.47. The van der Waals surface area contributed by atoms with Gasteiger partial charge in [0.05, 0.1) is 30.4 Å². The van der Waals surface area contributed by atoms with E-state index in [2.05, 4.69) is 15.5 Å². The van der Waals surface area contributed by atoms with Crippen LogP contribution in [0.25, 0.3) is 11.3 Å². The largest absolute Gasteiger partial charge is 0.497 e. The zero-order chi connectivity index (χ0) is 18.8. The SMILES string of the molecule is COc1ccc(-c2cc(=O)n(CC(=O)Nc3onc4c3CSC4)cn2)cc1. The summed E-state index contributed by atoms with van der Waals surface area (Å²) >= 11 is 1.71. The van der Waals surface area contributed by atoms with Gasteiger partial charge >= 0.3 is 0 Å². The Kier molecular flexibility index (Phi) is 4.68. The first-order valence-electron chi connectivity index (χ1n) is 8.20. The molecule has 4 rings (SSSR count). The summed E-state index contributed by atoms with van der Waals surface area (Å²) in [7, 11) is 1.59. The Bertz CT molecular complexity index is 1040. The Morgan fingerprint density at radius 1 is 1.33 bits per heavy atom. The molecule has 0 saturated carbocycles. The molecule has 1 amide bonds. The lowest BCUT2D eigenvalue weighted by Crippen LogP contribution is -2.27. The van der Waals surface area contributed by atoms with Crippen LogP contribution in [-0.2, 0) is 22.8 Å². The molecular weight excluding hydrogens is 368 g/mol. The van der Waals surface area contributed by atoms with E-state index in [-0.39, 0.29) is 18.0 Å². The number of ether oxygens (including phenoxy) is 1. The van der Waals surface area contributed by atoms with Gasteiger partial charge in [-0.25, -0.2) is 4.98 Å². The first kappa shape index (κ1) is 17.3. The van der Waals surface area contributed by atoms with Crippen molar-refractivity contribution >= 4 is 23.6 Å². The summed E-state index contributed by atoms with van der Waals surface area (Å²) in [5, 5.41) is 6.61. The number of hydrogen-bond donors (Lipinski definition) is 1. The minimum absolute atomic E-state index is 0.155. The number of thioether (sulfide) groups is 1. The lowest BCUT2D eigenvalue weighted by Gasteiger charge is -2.07. The molecule has 2 aromatic heterocycles. The average molecular weight is 384 g/mol. The molecule has 1 aliphatic rings. The van der Waals surface area contributed by atoms with Crippen molar-refractivity contribution in [3.05, 3.63) is 58.3 Å². The van der Waals surface area contributed by atoms with E-state index in [0.717, 1.165) is 34.1 Å². The standard InChI is InChI=1S/C18H16N4O4S/c1-25-12-4-2-11(3-5-12)14-6-17(24)22(10-19-14)7-16(23)20-18-13-8-27-9-15(13)21-26-18/h2-6,10H,7-9H2,1H3,(H,20,23). The number of anilines is 1. The number of nitrogens with zero attached hydrogens (tertiary/aromatic N) is 3. The van der Waals surface area contributed by atoms with Gasteiger partial charge in [-0.2, -0.15) is 11.8 Å². The molecule has 138 valence electrons. The van der Waals surface area contributed by atoms with Crippen molar-refractivity contribution in [2.75, 3.05) is 12.4 Å². The van der Waals surface area contributed by atoms with Gasteiger partial charge in [-0.05, 0) is 24.3 Å². The highest BCUT2D eigenvalue weighted by atomic mass is 32.2. The van der Waals surface area contributed by atoms with Crippen LogP contribution in [0, 0.1) is 0 Å². The Morgan fingerprint density at radius 2 is 2.15 bits per heavy atom. The molecule has 0 radical (unpaired) electrons. The van der Waals surface area contributed by atoms with E-state index in [1.165, 1.54) is 17.0 Å². The second kappa shape index (κ2) is 7.28. The summed E-state index contributed by atoms with van der Waals surface area (Å²) in [6.45, 7) is -0.155. The number of benzene rings is 1. The molecule has 3 heterocycles. The number of carbonyl (C=O) groups excluding carboxylic acids is 1. The molecule has 1 N–H and O–H groups in total. The van der Waals surface area contributed by atoms with E-state index >= 15 is 0 Å². The summed E-state index contributed by atoms with van der Waals surface area (Å²) in [5.41, 5.74) is 2.78. The molecule has 3 aromatic rings. The number of hydrogen-bond acceptors (Lipinski definition) is 7. The second-order valence-electron chi connectivity index (χ2n) is 5.95. The van der Waals surface area contributed by atoms with Crippen LogP contribution in [0.3, 0.4) is 0 Å². The van der Waals surface area contributed by atoms with Gasteiger partial charge in [-0.1, -0.05) is 5.16 Å². The molecule has 1 aromatic carbocycles. The van der Waals surface area contributed by atoms with E-state index in [4.69, 9.17) is 9.26 Å². The zero-order valence-electron chi connectivity index (χ0n) is 14.5. The van der Waals surface area contributed by atoms with Gasteiger partial charge in [0.2, 0.25) is 11.8 Å². The molecule has 0 saturated heterocycles. The van der Waals surface area contributed by atoms with Crippen LogP contribution in [0.15, 0.2) is 46.0 Å². The van der Waals surface area contributed by atoms with Gasteiger partial charge < -0.3 is 9.26 Å². The second-order valence-corrected chi connectivity index (χ2v) is 6.93. The van der Waals surface area contributed by atoms with Crippen LogP contribution in [0.4, 0.5) is 5.88 Å². The Hall–Kier alpha value is -3.07. The molecular formula is C18H16N4O4S. The molecule has 0 fully saturated rings. The number of nitrogens with one attached hydrogen (secondary N) is 1. The fourth-order valence-corrected chi connectivity index (χ4v) is 3.76. The van der Waals surface area contributed by atoms with Crippen LogP contribution in [0.1, 0.15) is 11.3 Å².